The van der Waals surface area contributed by atoms with Crippen molar-refractivity contribution in [2.24, 2.45) is 0 Å². The van der Waals surface area contributed by atoms with Crippen LogP contribution >= 0.6 is 0 Å². The van der Waals surface area contributed by atoms with E-state index in [0.717, 1.165) is 11.3 Å². The van der Waals surface area contributed by atoms with Crippen molar-refractivity contribution in [3.63, 3.8) is 0 Å². The van der Waals surface area contributed by atoms with Crippen LogP contribution in [0.2, 0.25) is 0 Å². The molecule has 2 rings (SSSR count). The first kappa shape index (κ1) is 13.1. The van der Waals surface area contributed by atoms with Crippen molar-refractivity contribution < 1.29 is 14.6 Å². The molecular weight excluding hydrogens is 240 g/mol. The molecule has 0 aliphatic heterocycles. The Hall–Kier alpha value is -2.29. The molecule has 0 radical (unpaired) electrons. The fourth-order valence-electron chi connectivity index (χ4n) is 1.71. The predicted octanol–water partition coefficient (Wildman–Crippen LogP) is 2.25. The van der Waals surface area contributed by atoms with Gasteiger partial charge in [-0.2, -0.15) is 0 Å². The molecule has 0 saturated carbocycles. The zero-order chi connectivity index (χ0) is 13.8. The third kappa shape index (κ3) is 3.35. The lowest BCUT2D eigenvalue weighted by Gasteiger charge is -2.09. The first-order valence-electron chi connectivity index (χ1n) is 6.06. The van der Waals surface area contributed by atoms with Gasteiger partial charge in [0.2, 0.25) is 0 Å². The maximum Gasteiger partial charge on any atom is 0.120 e. The average Bonchev–Trinajstić information content (AvgIpc) is 2.40. The SMILES string of the molecule is Cc1ccc(OCc2ccc(C(=O)[O-])cc2)cc1C. The summed E-state index contributed by atoms with van der Waals surface area (Å²) in [4.78, 5) is 10.6. The number of hydrogen-bond acceptors (Lipinski definition) is 3. The molecule has 0 fully saturated rings. The van der Waals surface area contributed by atoms with Gasteiger partial charge in [-0.15, -0.1) is 0 Å². The number of carbonyl (C=O) groups is 1. The first-order chi connectivity index (χ1) is 9.06. The highest BCUT2D eigenvalue weighted by molar-refractivity contribution is 5.85. The molecule has 3 heteroatoms. The number of aryl methyl sites for hydroxylation is 2. The molecule has 0 bridgehead atoms. The van der Waals surface area contributed by atoms with Crippen molar-refractivity contribution in [1.82, 2.24) is 0 Å². The topological polar surface area (TPSA) is 49.4 Å². The molecule has 2 aromatic carbocycles. The summed E-state index contributed by atoms with van der Waals surface area (Å²) in [6.45, 7) is 4.50. The smallest absolute Gasteiger partial charge is 0.120 e. The van der Waals surface area contributed by atoms with Gasteiger partial charge in [0, 0.05) is 0 Å². The van der Waals surface area contributed by atoms with Crippen LogP contribution in [0.1, 0.15) is 27.0 Å². The molecule has 0 unspecified atom stereocenters. The van der Waals surface area contributed by atoms with Gasteiger partial charge in [0.05, 0.1) is 5.97 Å². The normalized spacial score (nSPS) is 10.2. The van der Waals surface area contributed by atoms with Crippen LogP contribution in [0.3, 0.4) is 0 Å². The molecule has 0 spiro atoms. The van der Waals surface area contributed by atoms with Gasteiger partial charge in [-0.25, -0.2) is 0 Å². The van der Waals surface area contributed by atoms with Gasteiger partial charge in [0.1, 0.15) is 12.4 Å². The summed E-state index contributed by atoms with van der Waals surface area (Å²) in [6.07, 6.45) is 0. The van der Waals surface area contributed by atoms with Crippen LogP contribution in [-0.4, -0.2) is 5.97 Å². The van der Waals surface area contributed by atoms with Gasteiger partial charge in [-0.1, -0.05) is 30.3 Å². The minimum absolute atomic E-state index is 0.176. The minimum atomic E-state index is -1.17. The van der Waals surface area contributed by atoms with Crippen LogP contribution in [0.5, 0.6) is 5.75 Å². The summed E-state index contributed by atoms with van der Waals surface area (Å²) in [5, 5.41) is 10.6. The van der Waals surface area contributed by atoms with E-state index in [4.69, 9.17) is 4.74 Å². The number of rotatable bonds is 4. The Labute approximate surface area is 112 Å². The second-order valence-corrected chi connectivity index (χ2v) is 4.52. The summed E-state index contributed by atoms with van der Waals surface area (Å²) in [6, 6.07) is 12.4. The van der Waals surface area contributed by atoms with Gasteiger partial charge in [-0.3, -0.25) is 0 Å². The van der Waals surface area contributed by atoms with Gasteiger partial charge >= 0.3 is 0 Å². The molecule has 0 heterocycles. The number of carbonyl (C=O) groups excluding carboxylic acids is 1. The summed E-state index contributed by atoms with van der Waals surface area (Å²) in [5.41, 5.74) is 3.51. The molecule has 0 aromatic heterocycles. The number of hydrogen-bond donors (Lipinski definition) is 0. The largest absolute Gasteiger partial charge is 0.545 e. The number of carboxylic acids is 1. The van der Waals surface area contributed by atoms with Gasteiger partial charge in [0.15, 0.2) is 0 Å². The monoisotopic (exact) mass is 255 g/mol. The van der Waals surface area contributed by atoms with Crippen molar-refractivity contribution in [3.05, 3.63) is 64.7 Å². The molecule has 0 saturated heterocycles. The van der Waals surface area contributed by atoms with E-state index in [1.54, 1.807) is 12.1 Å². The molecule has 19 heavy (non-hydrogen) atoms. The second kappa shape index (κ2) is 5.57. The van der Waals surface area contributed by atoms with Crippen LogP contribution in [0.4, 0.5) is 0 Å². The number of carboxylic acid groups (broad SMARTS) is 1. The highest BCUT2D eigenvalue weighted by atomic mass is 16.5. The zero-order valence-electron chi connectivity index (χ0n) is 11.0. The Balaban J connectivity index is 2.01. The fourth-order valence-corrected chi connectivity index (χ4v) is 1.71. The molecule has 3 nitrogen and oxygen atoms in total. The zero-order valence-corrected chi connectivity index (χ0v) is 11.0. The Morgan fingerprint density at radius 1 is 1.05 bits per heavy atom. The van der Waals surface area contributed by atoms with Crippen molar-refractivity contribution in [3.8, 4) is 5.75 Å². The summed E-state index contributed by atoms with van der Waals surface area (Å²) in [5.74, 6) is -0.353. The Morgan fingerprint density at radius 3 is 2.32 bits per heavy atom. The van der Waals surface area contributed by atoms with Crippen molar-refractivity contribution >= 4 is 5.97 Å². The molecule has 0 aliphatic rings. The Kier molecular flexibility index (Phi) is 3.85. The summed E-state index contributed by atoms with van der Waals surface area (Å²) in [7, 11) is 0. The number of ether oxygens (including phenoxy) is 1. The van der Waals surface area contributed by atoms with E-state index in [1.165, 1.54) is 23.3 Å². The fraction of sp³-hybridized carbons (Fsp3) is 0.188. The maximum absolute atomic E-state index is 10.6. The second-order valence-electron chi connectivity index (χ2n) is 4.52. The van der Waals surface area contributed by atoms with E-state index in [1.807, 2.05) is 25.1 Å². The molecule has 0 atom stereocenters. The first-order valence-corrected chi connectivity index (χ1v) is 6.06. The Bertz CT molecular complexity index is 585. The van der Waals surface area contributed by atoms with E-state index in [9.17, 15) is 9.90 Å². The van der Waals surface area contributed by atoms with Crippen LogP contribution in [0.15, 0.2) is 42.5 Å². The Morgan fingerprint density at radius 2 is 1.74 bits per heavy atom. The van der Waals surface area contributed by atoms with Gasteiger partial charge in [-0.05, 0) is 48.2 Å². The third-order valence-electron chi connectivity index (χ3n) is 3.07. The summed E-state index contributed by atoms with van der Waals surface area (Å²) >= 11 is 0. The summed E-state index contributed by atoms with van der Waals surface area (Å²) < 4.78 is 5.67. The minimum Gasteiger partial charge on any atom is -0.545 e. The molecule has 0 amide bonds. The lowest BCUT2D eigenvalue weighted by Crippen LogP contribution is -2.22. The van der Waals surface area contributed by atoms with Crippen molar-refractivity contribution in [1.29, 1.82) is 0 Å². The molecule has 0 N–H and O–H groups in total. The third-order valence-corrected chi connectivity index (χ3v) is 3.07. The molecule has 2 aromatic rings. The van der Waals surface area contributed by atoms with Crippen molar-refractivity contribution in [2.45, 2.75) is 20.5 Å². The van der Waals surface area contributed by atoms with E-state index >= 15 is 0 Å². The highest BCUT2D eigenvalue weighted by Crippen LogP contribution is 2.17. The number of benzene rings is 2. The lowest BCUT2D eigenvalue weighted by atomic mass is 10.1. The van der Waals surface area contributed by atoms with Gasteiger partial charge < -0.3 is 14.6 Å². The maximum atomic E-state index is 10.6. The average molecular weight is 255 g/mol. The van der Waals surface area contributed by atoms with Crippen molar-refractivity contribution in [2.75, 3.05) is 0 Å². The molecule has 0 aliphatic carbocycles. The van der Waals surface area contributed by atoms with E-state index in [0.29, 0.717) is 6.61 Å². The molecule has 98 valence electrons. The van der Waals surface area contributed by atoms with E-state index < -0.39 is 5.97 Å². The quantitative estimate of drug-likeness (QED) is 0.842. The van der Waals surface area contributed by atoms with Crippen LogP contribution in [-0.2, 0) is 6.61 Å². The van der Waals surface area contributed by atoms with E-state index in [2.05, 4.69) is 6.92 Å². The van der Waals surface area contributed by atoms with Gasteiger partial charge in [0.25, 0.3) is 0 Å². The molecular formula is C16H15O3-. The number of aromatic carboxylic acids is 1. The highest BCUT2D eigenvalue weighted by Gasteiger charge is 1.99. The lowest BCUT2D eigenvalue weighted by molar-refractivity contribution is -0.255. The van der Waals surface area contributed by atoms with Crippen LogP contribution < -0.4 is 9.84 Å². The van der Waals surface area contributed by atoms with Crippen LogP contribution in [0.25, 0.3) is 0 Å². The predicted molar refractivity (Wildman–Crippen MR) is 71.0 cm³/mol. The standard InChI is InChI=1S/C16H16O3/c1-11-3-8-15(9-12(11)2)19-10-13-4-6-14(7-5-13)16(17)18/h3-9H,10H2,1-2H3,(H,17,18)/p-1. The van der Waals surface area contributed by atoms with Crippen LogP contribution in [0, 0.1) is 13.8 Å². The van der Waals surface area contributed by atoms with E-state index in [-0.39, 0.29) is 5.56 Å².